The fourth-order valence-corrected chi connectivity index (χ4v) is 4.12. The molecule has 2 rings (SSSR count). The summed E-state index contributed by atoms with van der Waals surface area (Å²) in [5.41, 5.74) is 0.964. The van der Waals surface area contributed by atoms with Gasteiger partial charge >= 0.3 is 5.97 Å². The maximum atomic E-state index is 10.7. The van der Waals surface area contributed by atoms with Gasteiger partial charge in [-0.25, -0.2) is 4.98 Å². The number of thiazole rings is 1. The molecule has 0 aliphatic rings. The van der Waals surface area contributed by atoms with Crippen molar-refractivity contribution in [3.8, 4) is 10.6 Å². The molecule has 0 amide bonds. The van der Waals surface area contributed by atoms with Gasteiger partial charge in [0.15, 0.2) is 0 Å². The molecule has 0 bridgehead atoms. The number of aliphatic carboxylic acids is 1. The van der Waals surface area contributed by atoms with Crippen molar-refractivity contribution < 1.29 is 9.90 Å². The first-order chi connectivity index (χ1) is 9.04. The highest BCUT2D eigenvalue weighted by Crippen LogP contribution is 2.30. The van der Waals surface area contributed by atoms with Crippen LogP contribution < -0.4 is 0 Å². The van der Waals surface area contributed by atoms with E-state index in [2.05, 4.69) is 18.8 Å². The van der Waals surface area contributed by atoms with Gasteiger partial charge < -0.3 is 5.11 Å². The molecule has 2 aromatic heterocycles. The first-order valence-electron chi connectivity index (χ1n) is 5.91. The highest BCUT2D eigenvalue weighted by molar-refractivity contribution is 7.99. The zero-order valence-electron chi connectivity index (χ0n) is 10.8. The fourth-order valence-electron chi connectivity index (χ4n) is 1.49. The van der Waals surface area contributed by atoms with Crippen LogP contribution in [0, 0.1) is 0 Å². The molecule has 0 radical (unpaired) electrons. The molecular weight excluding hydrogens is 298 g/mol. The van der Waals surface area contributed by atoms with E-state index in [4.69, 9.17) is 5.11 Å². The molecule has 0 fully saturated rings. The predicted octanol–water partition coefficient (Wildman–Crippen LogP) is 4.14. The minimum Gasteiger partial charge on any atom is -0.481 e. The van der Waals surface area contributed by atoms with Crippen LogP contribution in [0.4, 0.5) is 0 Å². The average molecular weight is 313 g/mol. The van der Waals surface area contributed by atoms with Crippen LogP contribution in [-0.4, -0.2) is 21.3 Å². The van der Waals surface area contributed by atoms with Crippen LogP contribution in [-0.2, 0) is 17.0 Å². The highest BCUT2D eigenvalue weighted by atomic mass is 32.2. The Hall–Kier alpha value is -0.850. The van der Waals surface area contributed by atoms with Crippen LogP contribution in [0.15, 0.2) is 17.5 Å². The molecule has 1 N–H and O–H groups in total. The van der Waals surface area contributed by atoms with E-state index in [0.717, 1.165) is 26.2 Å². The molecule has 2 aromatic rings. The van der Waals surface area contributed by atoms with Gasteiger partial charge in [-0.15, -0.1) is 22.7 Å². The van der Waals surface area contributed by atoms with Crippen molar-refractivity contribution in [2.45, 2.75) is 31.3 Å². The predicted molar refractivity (Wildman–Crippen MR) is 83.2 cm³/mol. The van der Waals surface area contributed by atoms with Gasteiger partial charge in [0, 0.05) is 16.0 Å². The van der Waals surface area contributed by atoms with Crippen LogP contribution >= 0.6 is 34.4 Å². The summed E-state index contributed by atoms with van der Waals surface area (Å²) in [5.74, 6) is 0.149. The Kier molecular flexibility index (Phi) is 5.01. The average Bonchev–Trinajstić information content (AvgIpc) is 2.93. The van der Waals surface area contributed by atoms with E-state index in [0.29, 0.717) is 5.25 Å². The van der Waals surface area contributed by atoms with Crippen LogP contribution in [0.2, 0.25) is 0 Å². The zero-order valence-corrected chi connectivity index (χ0v) is 13.2. The van der Waals surface area contributed by atoms with Crippen molar-refractivity contribution >= 4 is 40.4 Å². The number of thioether (sulfide) groups is 1. The molecule has 0 saturated heterocycles. The lowest BCUT2D eigenvalue weighted by molar-refractivity contribution is -0.136. The van der Waals surface area contributed by atoms with Gasteiger partial charge in [0.25, 0.3) is 0 Å². The third-order valence-corrected chi connectivity index (χ3v) is 5.58. The Balaban J connectivity index is 2.05. The second-order valence-corrected chi connectivity index (χ2v) is 8.00. The summed E-state index contributed by atoms with van der Waals surface area (Å²) in [4.78, 5) is 17.2. The van der Waals surface area contributed by atoms with Gasteiger partial charge in [-0.05, 0) is 17.4 Å². The van der Waals surface area contributed by atoms with E-state index >= 15 is 0 Å². The summed E-state index contributed by atoms with van der Waals surface area (Å²) in [6.07, 6.45) is 0.0882. The minimum absolute atomic E-state index is 0.0882. The van der Waals surface area contributed by atoms with Gasteiger partial charge in [0.1, 0.15) is 5.01 Å². The normalized spacial score (nSPS) is 11.1. The first kappa shape index (κ1) is 14.6. The molecule has 0 saturated carbocycles. The number of aromatic nitrogens is 1. The minimum atomic E-state index is -0.791. The molecule has 2 heterocycles. The Morgan fingerprint density at radius 2 is 2.26 bits per heavy atom. The summed E-state index contributed by atoms with van der Waals surface area (Å²) < 4.78 is 0. The lowest BCUT2D eigenvalue weighted by Gasteiger charge is -2.00. The van der Waals surface area contributed by atoms with Crippen molar-refractivity contribution in [1.29, 1.82) is 0 Å². The SMILES string of the molecule is CC(C)SCc1nc(-c2ccc(CC(=O)O)s2)cs1. The Bertz CT molecular complexity index is 560. The van der Waals surface area contributed by atoms with E-state index in [9.17, 15) is 4.79 Å². The number of carboxylic acid groups (broad SMARTS) is 1. The Morgan fingerprint density at radius 3 is 2.95 bits per heavy atom. The quantitative estimate of drug-likeness (QED) is 0.871. The molecule has 0 aromatic carbocycles. The summed E-state index contributed by atoms with van der Waals surface area (Å²) in [5, 5.41) is 12.5. The van der Waals surface area contributed by atoms with Crippen LogP contribution in [0.25, 0.3) is 10.6 Å². The van der Waals surface area contributed by atoms with Crippen LogP contribution in [0.1, 0.15) is 23.7 Å². The number of carboxylic acids is 1. The molecule has 19 heavy (non-hydrogen) atoms. The van der Waals surface area contributed by atoms with E-state index in [1.54, 1.807) is 11.3 Å². The fraction of sp³-hybridized carbons (Fsp3) is 0.385. The molecule has 102 valence electrons. The molecule has 6 heteroatoms. The van der Waals surface area contributed by atoms with Gasteiger partial charge in [0.2, 0.25) is 0 Å². The smallest absolute Gasteiger partial charge is 0.308 e. The van der Waals surface area contributed by atoms with Crippen molar-refractivity contribution in [2.75, 3.05) is 0 Å². The number of rotatable bonds is 6. The van der Waals surface area contributed by atoms with E-state index < -0.39 is 5.97 Å². The standard InChI is InChI=1S/C13H15NO2S3/c1-8(2)17-7-12-14-10(6-18-12)11-4-3-9(19-11)5-13(15)16/h3-4,6,8H,5,7H2,1-2H3,(H,15,16). The zero-order chi connectivity index (χ0) is 13.8. The monoisotopic (exact) mass is 313 g/mol. The van der Waals surface area contributed by atoms with Gasteiger partial charge in [-0.3, -0.25) is 4.79 Å². The van der Waals surface area contributed by atoms with E-state index in [1.165, 1.54) is 11.3 Å². The lowest BCUT2D eigenvalue weighted by atomic mass is 10.3. The second kappa shape index (κ2) is 6.54. The molecule has 3 nitrogen and oxygen atoms in total. The van der Waals surface area contributed by atoms with Crippen molar-refractivity contribution in [3.63, 3.8) is 0 Å². The topological polar surface area (TPSA) is 50.2 Å². The van der Waals surface area contributed by atoms with Gasteiger partial charge in [0.05, 0.1) is 17.0 Å². The third kappa shape index (κ3) is 4.33. The number of thiophene rings is 1. The molecule has 0 aliphatic heterocycles. The Morgan fingerprint density at radius 1 is 1.47 bits per heavy atom. The maximum Gasteiger partial charge on any atom is 0.308 e. The number of hydrogen-bond acceptors (Lipinski definition) is 5. The third-order valence-electron chi connectivity index (χ3n) is 2.33. The van der Waals surface area contributed by atoms with Crippen molar-refractivity contribution in [3.05, 3.63) is 27.4 Å². The summed E-state index contributed by atoms with van der Waals surface area (Å²) in [6, 6.07) is 3.83. The number of nitrogens with zero attached hydrogens (tertiary/aromatic N) is 1. The van der Waals surface area contributed by atoms with Gasteiger partial charge in [-0.1, -0.05) is 13.8 Å². The molecular formula is C13H15NO2S3. The van der Waals surface area contributed by atoms with Crippen molar-refractivity contribution in [1.82, 2.24) is 4.98 Å². The molecule has 0 spiro atoms. The summed E-state index contributed by atoms with van der Waals surface area (Å²) in [7, 11) is 0. The Labute approximate surface area is 124 Å². The molecule has 0 aliphatic carbocycles. The van der Waals surface area contributed by atoms with E-state index in [-0.39, 0.29) is 6.42 Å². The van der Waals surface area contributed by atoms with Crippen LogP contribution in [0.5, 0.6) is 0 Å². The van der Waals surface area contributed by atoms with Crippen molar-refractivity contribution in [2.24, 2.45) is 0 Å². The van der Waals surface area contributed by atoms with E-state index in [1.807, 2.05) is 29.3 Å². The molecule has 0 unspecified atom stereocenters. The number of carbonyl (C=O) groups is 1. The summed E-state index contributed by atoms with van der Waals surface area (Å²) in [6.45, 7) is 4.35. The summed E-state index contributed by atoms with van der Waals surface area (Å²) >= 11 is 5.06. The maximum absolute atomic E-state index is 10.7. The molecule has 0 atom stereocenters. The number of hydrogen-bond donors (Lipinski definition) is 1. The first-order valence-corrected chi connectivity index (χ1v) is 8.66. The largest absolute Gasteiger partial charge is 0.481 e. The lowest BCUT2D eigenvalue weighted by Crippen LogP contribution is -1.96. The highest BCUT2D eigenvalue weighted by Gasteiger charge is 2.10. The van der Waals surface area contributed by atoms with Crippen LogP contribution in [0.3, 0.4) is 0 Å². The van der Waals surface area contributed by atoms with Gasteiger partial charge in [-0.2, -0.15) is 11.8 Å². The second-order valence-electron chi connectivity index (χ2n) is 4.32.